The summed E-state index contributed by atoms with van der Waals surface area (Å²) in [4.78, 5) is 18.2. The first kappa shape index (κ1) is 23.4. The molecule has 0 saturated heterocycles. The highest BCUT2D eigenvalue weighted by Crippen LogP contribution is 2.32. The standard InChI is InChI=1S/C26H14Br2ClN3O3/c1-2-9-34-24-16(11-18(29)13-20(24)28)14-30-32-25(31-21-6-4-3-5-19(21)26(32)33)23-12-15-10-17(27)7-8-22(15)35-23/h1,3-8,10-14H,9H2. The lowest BCUT2D eigenvalue weighted by atomic mass is 10.2. The fraction of sp³-hybridized carbons (Fsp3) is 0.0385. The van der Waals surface area contributed by atoms with Crippen molar-refractivity contribution in [3.8, 4) is 29.7 Å². The minimum Gasteiger partial charge on any atom is -0.479 e. The zero-order chi connectivity index (χ0) is 24.5. The Labute approximate surface area is 221 Å². The van der Waals surface area contributed by atoms with Crippen LogP contribution in [0.3, 0.4) is 0 Å². The van der Waals surface area contributed by atoms with Gasteiger partial charge in [0.05, 0.1) is 21.6 Å². The number of halogens is 3. The minimum atomic E-state index is -0.351. The summed E-state index contributed by atoms with van der Waals surface area (Å²) in [5.41, 5.74) is 1.36. The third-order valence-electron chi connectivity index (χ3n) is 5.10. The van der Waals surface area contributed by atoms with Crippen LogP contribution >= 0.6 is 43.5 Å². The number of aromatic nitrogens is 2. The van der Waals surface area contributed by atoms with Crippen LogP contribution < -0.4 is 10.3 Å². The van der Waals surface area contributed by atoms with E-state index in [1.54, 1.807) is 30.3 Å². The first-order valence-electron chi connectivity index (χ1n) is 10.3. The van der Waals surface area contributed by atoms with E-state index in [-0.39, 0.29) is 18.0 Å². The molecule has 0 aliphatic heterocycles. The number of hydrogen-bond donors (Lipinski definition) is 0. The summed E-state index contributed by atoms with van der Waals surface area (Å²) in [5.74, 6) is 3.54. The number of rotatable bonds is 5. The van der Waals surface area contributed by atoms with Crippen molar-refractivity contribution in [2.24, 2.45) is 5.10 Å². The Morgan fingerprint density at radius 2 is 2.00 bits per heavy atom. The van der Waals surface area contributed by atoms with Gasteiger partial charge in [-0.25, -0.2) is 4.98 Å². The quantitative estimate of drug-likeness (QED) is 0.161. The molecular formula is C26H14Br2ClN3O3. The van der Waals surface area contributed by atoms with Crippen LogP contribution in [0.2, 0.25) is 5.02 Å². The first-order chi connectivity index (χ1) is 16.9. The van der Waals surface area contributed by atoms with E-state index in [9.17, 15) is 4.79 Å². The highest BCUT2D eigenvalue weighted by molar-refractivity contribution is 9.10. The number of benzene rings is 3. The molecule has 0 unspecified atom stereocenters. The fourth-order valence-electron chi connectivity index (χ4n) is 3.58. The van der Waals surface area contributed by atoms with Crippen molar-refractivity contribution in [3.05, 3.63) is 90.5 Å². The van der Waals surface area contributed by atoms with Crippen molar-refractivity contribution in [1.29, 1.82) is 0 Å². The van der Waals surface area contributed by atoms with Gasteiger partial charge in [-0.3, -0.25) is 4.79 Å². The Bertz CT molecular complexity index is 1730. The van der Waals surface area contributed by atoms with Crippen LogP contribution in [0.5, 0.6) is 5.75 Å². The monoisotopic (exact) mass is 609 g/mol. The molecule has 0 fully saturated rings. The van der Waals surface area contributed by atoms with Crippen LogP contribution in [0.25, 0.3) is 33.5 Å². The van der Waals surface area contributed by atoms with Gasteiger partial charge in [0, 0.05) is 20.4 Å². The summed E-state index contributed by atoms with van der Waals surface area (Å²) < 4.78 is 14.4. The third-order valence-corrected chi connectivity index (χ3v) is 6.40. The van der Waals surface area contributed by atoms with E-state index < -0.39 is 0 Å². The van der Waals surface area contributed by atoms with Crippen molar-refractivity contribution in [3.63, 3.8) is 0 Å². The number of nitrogens with zero attached hydrogens (tertiary/aromatic N) is 3. The molecule has 0 atom stereocenters. The lowest BCUT2D eigenvalue weighted by Crippen LogP contribution is -2.20. The van der Waals surface area contributed by atoms with Gasteiger partial charge in [-0.05, 0) is 64.5 Å². The number of ether oxygens (including phenoxy) is 1. The van der Waals surface area contributed by atoms with Crippen molar-refractivity contribution in [2.45, 2.75) is 0 Å². The molecule has 2 aromatic heterocycles. The predicted octanol–water partition coefficient (Wildman–Crippen LogP) is 6.88. The number of fused-ring (bicyclic) bond motifs is 2. The van der Waals surface area contributed by atoms with E-state index in [1.165, 1.54) is 10.9 Å². The highest BCUT2D eigenvalue weighted by atomic mass is 79.9. The SMILES string of the molecule is C#CCOc1c(Br)cc(Cl)cc1C=Nn1c(-c2cc3cc(Br)ccc3o2)nc2ccccc2c1=O. The van der Waals surface area contributed by atoms with E-state index in [0.717, 1.165) is 9.86 Å². The van der Waals surface area contributed by atoms with E-state index in [0.29, 0.717) is 43.1 Å². The summed E-state index contributed by atoms with van der Waals surface area (Å²) in [7, 11) is 0. The van der Waals surface area contributed by atoms with Crippen molar-refractivity contribution >= 4 is 71.5 Å². The molecule has 6 nitrogen and oxygen atoms in total. The molecule has 0 N–H and O–H groups in total. The van der Waals surface area contributed by atoms with Crippen LogP contribution in [-0.2, 0) is 0 Å². The van der Waals surface area contributed by atoms with E-state index in [2.05, 4.69) is 42.9 Å². The molecule has 5 rings (SSSR count). The van der Waals surface area contributed by atoms with Crippen LogP contribution in [-0.4, -0.2) is 22.5 Å². The summed E-state index contributed by atoms with van der Waals surface area (Å²) in [6, 6.07) is 17.9. The molecular weight excluding hydrogens is 598 g/mol. The van der Waals surface area contributed by atoms with Gasteiger partial charge in [-0.2, -0.15) is 9.78 Å². The number of hydrogen-bond acceptors (Lipinski definition) is 5. The molecule has 0 spiro atoms. The normalized spacial score (nSPS) is 11.4. The average molecular weight is 612 g/mol. The fourth-order valence-corrected chi connectivity index (χ4v) is 4.90. The van der Waals surface area contributed by atoms with Gasteiger partial charge < -0.3 is 9.15 Å². The van der Waals surface area contributed by atoms with Crippen LogP contribution in [0.1, 0.15) is 5.56 Å². The maximum Gasteiger partial charge on any atom is 0.282 e. The van der Waals surface area contributed by atoms with Crippen LogP contribution in [0.4, 0.5) is 0 Å². The molecule has 35 heavy (non-hydrogen) atoms. The number of terminal acetylenes is 1. The molecule has 3 aromatic carbocycles. The Balaban J connectivity index is 1.72. The van der Waals surface area contributed by atoms with E-state index in [4.69, 9.17) is 32.2 Å². The zero-order valence-electron chi connectivity index (χ0n) is 17.8. The first-order valence-corrected chi connectivity index (χ1v) is 12.2. The Hall–Kier alpha value is -3.38. The average Bonchev–Trinajstić information content (AvgIpc) is 3.25. The van der Waals surface area contributed by atoms with Crippen LogP contribution in [0, 0.1) is 12.3 Å². The smallest absolute Gasteiger partial charge is 0.282 e. The molecule has 9 heteroatoms. The van der Waals surface area contributed by atoms with Crippen molar-refractivity contribution < 1.29 is 9.15 Å². The summed E-state index contributed by atoms with van der Waals surface area (Å²) in [5, 5.41) is 6.21. The Kier molecular flexibility index (Phi) is 6.48. The minimum absolute atomic E-state index is 0.0539. The molecule has 0 aliphatic rings. The van der Waals surface area contributed by atoms with Gasteiger partial charge in [0.1, 0.15) is 17.9 Å². The number of furan rings is 1. The van der Waals surface area contributed by atoms with Crippen molar-refractivity contribution in [2.75, 3.05) is 6.61 Å². The Morgan fingerprint density at radius 1 is 1.17 bits per heavy atom. The predicted molar refractivity (Wildman–Crippen MR) is 145 cm³/mol. The maximum absolute atomic E-state index is 13.5. The molecule has 0 aliphatic carbocycles. The second-order valence-electron chi connectivity index (χ2n) is 7.41. The van der Waals surface area contributed by atoms with E-state index in [1.807, 2.05) is 30.3 Å². The van der Waals surface area contributed by atoms with Crippen molar-refractivity contribution in [1.82, 2.24) is 9.66 Å². The summed E-state index contributed by atoms with van der Waals surface area (Å²) in [6.45, 7) is 0.0539. The molecule has 5 aromatic rings. The van der Waals surface area contributed by atoms with Gasteiger partial charge in [-0.1, -0.05) is 45.6 Å². The zero-order valence-corrected chi connectivity index (χ0v) is 21.8. The Morgan fingerprint density at radius 3 is 2.83 bits per heavy atom. The molecule has 172 valence electrons. The lowest BCUT2D eigenvalue weighted by Gasteiger charge is -2.10. The van der Waals surface area contributed by atoms with Gasteiger partial charge in [0.25, 0.3) is 5.56 Å². The second-order valence-corrected chi connectivity index (χ2v) is 9.61. The third kappa shape index (κ3) is 4.63. The van der Waals surface area contributed by atoms with Gasteiger partial charge in [0.15, 0.2) is 5.76 Å². The largest absolute Gasteiger partial charge is 0.479 e. The molecule has 0 saturated carbocycles. The molecule has 0 bridgehead atoms. The highest BCUT2D eigenvalue weighted by Gasteiger charge is 2.17. The summed E-state index contributed by atoms with van der Waals surface area (Å²) >= 11 is 13.2. The van der Waals surface area contributed by atoms with E-state index >= 15 is 0 Å². The van der Waals surface area contributed by atoms with Gasteiger partial charge in [-0.15, -0.1) is 6.42 Å². The molecule has 0 radical (unpaired) electrons. The second kappa shape index (κ2) is 9.70. The topological polar surface area (TPSA) is 69.6 Å². The van der Waals surface area contributed by atoms with Gasteiger partial charge >= 0.3 is 0 Å². The molecule has 2 heterocycles. The van der Waals surface area contributed by atoms with Crippen LogP contribution in [0.15, 0.2) is 83.9 Å². The summed E-state index contributed by atoms with van der Waals surface area (Å²) in [6.07, 6.45) is 6.83. The maximum atomic E-state index is 13.5. The lowest BCUT2D eigenvalue weighted by molar-refractivity contribution is 0.367. The van der Waals surface area contributed by atoms with Gasteiger partial charge in [0.2, 0.25) is 5.82 Å². The number of para-hydroxylation sites is 1. The molecule has 0 amide bonds.